The minimum atomic E-state index is 0.309. The van der Waals surface area contributed by atoms with Gasteiger partial charge in [0.05, 0.1) is 6.61 Å². The molecule has 3 nitrogen and oxygen atoms in total. The number of nitrogens with zero attached hydrogens (tertiary/aromatic N) is 1. The second-order valence-corrected chi connectivity index (χ2v) is 4.87. The first-order valence-corrected chi connectivity index (χ1v) is 5.75. The van der Waals surface area contributed by atoms with Crippen molar-refractivity contribution in [1.29, 1.82) is 0 Å². The summed E-state index contributed by atoms with van der Waals surface area (Å²) in [5.41, 5.74) is 0.309. The highest BCUT2D eigenvalue weighted by molar-refractivity contribution is 4.94. The van der Waals surface area contributed by atoms with Gasteiger partial charge in [0.2, 0.25) is 0 Å². The molecule has 0 aliphatic carbocycles. The van der Waals surface area contributed by atoms with Crippen molar-refractivity contribution < 1.29 is 4.74 Å². The molecule has 0 aromatic heterocycles. The molecule has 0 aromatic rings. The van der Waals surface area contributed by atoms with Crippen LogP contribution in [0.3, 0.4) is 0 Å². The largest absolute Gasteiger partial charge is 0.380 e. The zero-order valence-electron chi connectivity index (χ0n) is 9.38. The molecule has 0 radical (unpaired) electrons. The van der Waals surface area contributed by atoms with Crippen molar-refractivity contribution in [2.24, 2.45) is 0 Å². The lowest BCUT2D eigenvalue weighted by atomic mass is 9.93. The van der Waals surface area contributed by atoms with Crippen molar-refractivity contribution in [2.45, 2.75) is 37.8 Å². The number of likely N-dealkylation sites (tertiary alicyclic amines) is 1. The summed E-state index contributed by atoms with van der Waals surface area (Å²) in [5, 5.41) is 3.37. The molecule has 0 amide bonds. The summed E-state index contributed by atoms with van der Waals surface area (Å²) in [6.07, 6.45) is 3.80. The van der Waals surface area contributed by atoms with E-state index in [1.165, 1.54) is 32.4 Å². The maximum Gasteiger partial charge on any atom is 0.0647 e. The smallest absolute Gasteiger partial charge is 0.0647 e. The van der Waals surface area contributed by atoms with Gasteiger partial charge in [-0.15, -0.1) is 0 Å². The summed E-state index contributed by atoms with van der Waals surface area (Å²) in [6, 6.07) is 0.689. The van der Waals surface area contributed by atoms with E-state index in [-0.39, 0.29) is 0 Å². The summed E-state index contributed by atoms with van der Waals surface area (Å²) >= 11 is 0. The standard InChI is InChI=1S/C11H22N2O/c1-11(5-3-7-14-9-11)13-6-4-10(8-13)12-2/h10,12H,3-9H2,1-2H3. The molecule has 2 saturated heterocycles. The summed E-state index contributed by atoms with van der Waals surface area (Å²) in [4.78, 5) is 2.60. The van der Waals surface area contributed by atoms with Crippen LogP contribution in [0.5, 0.6) is 0 Å². The van der Waals surface area contributed by atoms with Gasteiger partial charge < -0.3 is 10.1 Å². The van der Waals surface area contributed by atoms with Crippen molar-refractivity contribution in [2.75, 3.05) is 33.4 Å². The fraction of sp³-hybridized carbons (Fsp3) is 1.00. The van der Waals surface area contributed by atoms with Crippen LogP contribution in [0, 0.1) is 0 Å². The maximum atomic E-state index is 5.60. The van der Waals surface area contributed by atoms with Crippen molar-refractivity contribution >= 4 is 0 Å². The van der Waals surface area contributed by atoms with Gasteiger partial charge in [-0.3, -0.25) is 4.90 Å². The number of nitrogens with one attached hydrogen (secondary N) is 1. The van der Waals surface area contributed by atoms with Gasteiger partial charge in [0, 0.05) is 31.3 Å². The van der Waals surface area contributed by atoms with Crippen molar-refractivity contribution in [1.82, 2.24) is 10.2 Å². The first-order chi connectivity index (χ1) is 6.74. The molecule has 1 N–H and O–H groups in total. The lowest BCUT2D eigenvalue weighted by molar-refractivity contribution is -0.0307. The number of hydrogen-bond donors (Lipinski definition) is 1. The fourth-order valence-corrected chi connectivity index (χ4v) is 2.65. The van der Waals surface area contributed by atoms with Crippen LogP contribution in [0.2, 0.25) is 0 Å². The second kappa shape index (κ2) is 4.17. The second-order valence-electron chi connectivity index (χ2n) is 4.87. The van der Waals surface area contributed by atoms with Gasteiger partial charge in [-0.05, 0) is 33.2 Å². The Labute approximate surface area is 86.8 Å². The molecule has 2 unspecified atom stereocenters. The van der Waals surface area contributed by atoms with Gasteiger partial charge in [0.15, 0.2) is 0 Å². The van der Waals surface area contributed by atoms with Crippen LogP contribution in [0.1, 0.15) is 26.2 Å². The van der Waals surface area contributed by atoms with Crippen LogP contribution < -0.4 is 5.32 Å². The molecule has 3 heteroatoms. The topological polar surface area (TPSA) is 24.5 Å². The Hall–Kier alpha value is -0.120. The molecular formula is C11H22N2O. The van der Waals surface area contributed by atoms with Gasteiger partial charge in [0.1, 0.15) is 0 Å². The molecule has 2 rings (SSSR count). The lowest BCUT2D eigenvalue weighted by Gasteiger charge is -2.41. The summed E-state index contributed by atoms with van der Waals surface area (Å²) in [6.45, 7) is 6.65. The molecular weight excluding hydrogens is 176 g/mol. The summed E-state index contributed by atoms with van der Waals surface area (Å²) < 4.78 is 5.60. The molecule has 2 fully saturated rings. The van der Waals surface area contributed by atoms with E-state index in [1.54, 1.807) is 0 Å². The Balaban J connectivity index is 1.93. The molecule has 0 bridgehead atoms. The van der Waals surface area contributed by atoms with Crippen LogP contribution in [-0.4, -0.2) is 49.8 Å². The Morgan fingerprint density at radius 2 is 2.36 bits per heavy atom. The maximum absolute atomic E-state index is 5.60. The van der Waals surface area contributed by atoms with E-state index in [9.17, 15) is 0 Å². The van der Waals surface area contributed by atoms with Crippen LogP contribution in [0.4, 0.5) is 0 Å². The monoisotopic (exact) mass is 198 g/mol. The van der Waals surface area contributed by atoms with E-state index < -0.39 is 0 Å². The van der Waals surface area contributed by atoms with Gasteiger partial charge >= 0.3 is 0 Å². The van der Waals surface area contributed by atoms with Gasteiger partial charge in [-0.2, -0.15) is 0 Å². The minimum absolute atomic E-state index is 0.309. The molecule has 2 aliphatic rings. The predicted octanol–water partition coefficient (Wildman–Crippen LogP) is 0.849. The van der Waals surface area contributed by atoms with E-state index in [0.717, 1.165) is 13.2 Å². The normalized spacial score (nSPS) is 40.3. The van der Waals surface area contributed by atoms with Crippen LogP contribution >= 0.6 is 0 Å². The average Bonchev–Trinajstić information content (AvgIpc) is 2.67. The Morgan fingerprint density at radius 3 is 2.93 bits per heavy atom. The molecule has 0 spiro atoms. The third-order valence-corrected chi connectivity index (χ3v) is 3.78. The Kier molecular flexibility index (Phi) is 3.10. The highest BCUT2D eigenvalue weighted by atomic mass is 16.5. The first kappa shape index (κ1) is 10.4. The summed E-state index contributed by atoms with van der Waals surface area (Å²) in [7, 11) is 2.06. The van der Waals surface area contributed by atoms with Crippen molar-refractivity contribution in [3.8, 4) is 0 Å². The van der Waals surface area contributed by atoms with E-state index in [0.29, 0.717) is 11.6 Å². The summed E-state index contributed by atoms with van der Waals surface area (Å²) in [5.74, 6) is 0. The molecule has 0 saturated carbocycles. The van der Waals surface area contributed by atoms with E-state index >= 15 is 0 Å². The minimum Gasteiger partial charge on any atom is -0.380 e. The number of hydrogen-bond acceptors (Lipinski definition) is 3. The Bertz CT molecular complexity index is 190. The number of rotatable bonds is 2. The van der Waals surface area contributed by atoms with Gasteiger partial charge in [-0.1, -0.05) is 0 Å². The van der Waals surface area contributed by atoms with Crippen LogP contribution in [0.25, 0.3) is 0 Å². The first-order valence-electron chi connectivity index (χ1n) is 5.75. The van der Waals surface area contributed by atoms with Crippen LogP contribution in [-0.2, 0) is 4.74 Å². The Morgan fingerprint density at radius 1 is 1.50 bits per heavy atom. The average molecular weight is 198 g/mol. The third-order valence-electron chi connectivity index (χ3n) is 3.78. The highest BCUT2D eigenvalue weighted by Crippen LogP contribution is 2.29. The predicted molar refractivity (Wildman–Crippen MR) is 57.5 cm³/mol. The van der Waals surface area contributed by atoms with E-state index in [4.69, 9.17) is 4.74 Å². The molecule has 2 heterocycles. The van der Waals surface area contributed by atoms with Crippen molar-refractivity contribution in [3.05, 3.63) is 0 Å². The number of ether oxygens (including phenoxy) is 1. The quantitative estimate of drug-likeness (QED) is 0.712. The molecule has 0 aromatic carbocycles. The lowest BCUT2D eigenvalue weighted by Crippen LogP contribution is -2.51. The molecule has 82 valence electrons. The third kappa shape index (κ3) is 1.95. The zero-order valence-corrected chi connectivity index (χ0v) is 9.38. The molecule has 14 heavy (non-hydrogen) atoms. The molecule has 2 atom stereocenters. The number of likely N-dealkylation sites (N-methyl/N-ethyl adjacent to an activating group) is 1. The SMILES string of the molecule is CNC1CCN(C2(C)CCCOC2)C1. The van der Waals surface area contributed by atoms with Gasteiger partial charge in [0.25, 0.3) is 0 Å². The van der Waals surface area contributed by atoms with E-state index in [1.807, 2.05) is 0 Å². The van der Waals surface area contributed by atoms with Crippen LogP contribution in [0.15, 0.2) is 0 Å². The fourth-order valence-electron chi connectivity index (χ4n) is 2.65. The van der Waals surface area contributed by atoms with Gasteiger partial charge in [-0.25, -0.2) is 0 Å². The zero-order chi connectivity index (χ0) is 10.0. The highest BCUT2D eigenvalue weighted by Gasteiger charge is 2.37. The van der Waals surface area contributed by atoms with Crippen molar-refractivity contribution in [3.63, 3.8) is 0 Å². The van der Waals surface area contributed by atoms with E-state index in [2.05, 4.69) is 24.2 Å². The molecule has 2 aliphatic heterocycles.